The Bertz CT molecular complexity index is 589. The number of hydrogen-bond acceptors (Lipinski definition) is 5. The highest BCUT2D eigenvalue weighted by atomic mass is 35.5. The van der Waals surface area contributed by atoms with Crippen LogP contribution in [-0.2, 0) is 24.2 Å². The van der Waals surface area contributed by atoms with Crippen molar-refractivity contribution in [2.45, 2.75) is 26.4 Å². The molecular weight excluding hydrogens is 310 g/mol. The van der Waals surface area contributed by atoms with E-state index < -0.39 is 6.09 Å². The highest BCUT2D eigenvalue weighted by Gasteiger charge is 2.03. The number of aryl methyl sites for hydroxylation is 3. The van der Waals surface area contributed by atoms with E-state index >= 15 is 0 Å². The second kappa shape index (κ2) is 8.61. The molecule has 0 saturated carbocycles. The van der Waals surface area contributed by atoms with E-state index in [1.54, 1.807) is 11.3 Å². The van der Waals surface area contributed by atoms with Gasteiger partial charge in [0.15, 0.2) is 0 Å². The van der Waals surface area contributed by atoms with Crippen molar-refractivity contribution in [1.29, 1.82) is 0 Å². The first-order valence-corrected chi connectivity index (χ1v) is 7.17. The van der Waals surface area contributed by atoms with Gasteiger partial charge in [-0.2, -0.15) is 0 Å². The van der Waals surface area contributed by atoms with Crippen molar-refractivity contribution >= 4 is 29.8 Å². The zero-order valence-electron chi connectivity index (χ0n) is 11.7. The van der Waals surface area contributed by atoms with E-state index in [0.29, 0.717) is 0 Å². The van der Waals surface area contributed by atoms with E-state index in [2.05, 4.69) is 16.4 Å². The van der Waals surface area contributed by atoms with Gasteiger partial charge < -0.3 is 4.74 Å². The second-order valence-corrected chi connectivity index (χ2v) is 5.46. The van der Waals surface area contributed by atoms with E-state index in [0.717, 1.165) is 29.1 Å². The summed E-state index contributed by atoms with van der Waals surface area (Å²) in [7, 11) is 0. The molecule has 7 heteroatoms. The largest absolute Gasteiger partial charge is 0.444 e. The second-order valence-electron chi connectivity index (χ2n) is 4.40. The normalized spacial score (nSPS) is 9.81. The quantitative estimate of drug-likeness (QED) is 0.503. The molecule has 0 aliphatic heterocycles. The molecule has 1 heterocycles. The Morgan fingerprint density at radius 3 is 2.81 bits per heavy atom. The van der Waals surface area contributed by atoms with E-state index in [1.807, 2.05) is 30.5 Å². The molecular formula is C14H18ClN3O2S. The SMILES string of the molecule is Cc1nc(CCc2cccc(COC(=O)NN)c2)cs1.Cl. The van der Waals surface area contributed by atoms with Gasteiger partial charge in [0.25, 0.3) is 0 Å². The van der Waals surface area contributed by atoms with E-state index in [1.165, 1.54) is 5.56 Å². The molecule has 0 bridgehead atoms. The predicted molar refractivity (Wildman–Crippen MR) is 85.5 cm³/mol. The number of nitrogens with one attached hydrogen (secondary N) is 1. The van der Waals surface area contributed by atoms with Crippen LogP contribution in [0.25, 0.3) is 0 Å². The number of thiazole rings is 1. The summed E-state index contributed by atoms with van der Waals surface area (Å²) in [6, 6.07) is 7.97. The summed E-state index contributed by atoms with van der Waals surface area (Å²) in [4.78, 5) is 15.4. The molecule has 0 radical (unpaired) electrons. The van der Waals surface area contributed by atoms with E-state index in [9.17, 15) is 4.79 Å². The predicted octanol–water partition coefficient (Wildman–Crippen LogP) is 2.76. The molecule has 3 N–H and O–H groups in total. The first-order valence-electron chi connectivity index (χ1n) is 6.29. The van der Waals surface area contributed by atoms with Gasteiger partial charge in [-0.25, -0.2) is 15.6 Å². The summed E-state index contributed by atoms with van der Waals surface area (Å²) in [5.74, 6) is 4.95. The summed E-state index contributed by atoms with van der Waals surface area (Å²) in [6.07, 6.45) is 1.20. The summed E-state index contributed by atoms with van der Waals surface area (Å²) >= 11 is 1.67. The van der Waals surface area contributed by atoms with Gasteiger partial charge in [0, 0.05) is 5.38 Å². The maximum atomic E-state index is 10.9. The molecule has 1 amide bonds. The molecule has 0 unspecified atom stereocenters. The summed E-state index contributed by atoms with van der Waals surface area (Å²) < 4.78 is 4.91. The smallest absolute Gasteiger partial charge is 0.421 e. The number of nitrogens with two attached hydrogens (primary N) is 1. The lowest BCUT2D eigenvalue weighted by atomic mass is 10.1. The van der Waals surface area contributed by atoms with Crippen molar-refractivity contribution in [2.75, 3.05) is 0 Å². The van der Waals surface area contributed by atoms with Crippen LogP contribution in [0.15, 0.2) is 29.6 Å². The lowest BCUT2D eigenvalue weighted by molar-refractivity contribution is 0.140. The molecule has 0 fully saturated rings. The third kappa shape index (κ3) is 5.71. The average molecular weight is 328 g/mol. The molecule has 0 aliphatic rings. The molecule has 1 aromatic carbocycles. The number of carbonyl (C=O) groups is 1. The molecule has 0 aliphatic carbocycles. The number of carbonyl (C=O) groups excluding carboxylic acids is 1. The molecule has 2 aromatic rings. The van der Waals surface area contributed by atoms with Crippen molar-refractivity contribution in [3.63, 3.8) is 0 Å². The molecule has 21 heavy (non-hydrogen) atoms. The van der Waals surface area contributed by atoms with Crippen LogP contribution in [0.1, 0.15) is 21.8 Å². The average Bonchev–Trinajstić information content (AvgIpc) is 2.88. The molecule has 0 saturated heterocycles. The fourth-order valence-electron chi connectivity index (χ4n) is 1.86. The van der Waals surface area contributed by atoms with Gasteiger partial charge in [0.05, 0.1) is 10.7 Å². The van der Waals surface area contributed by atoms with Crippen molar-refractivity contribution in [3.8, 4) is 0 Å². The minimum Gasteiger partial charge on any atom is -0.444 e. The number of aromatic nitrogens is 1. The molecule has 5 nitrogen and oxygen atoms in total. The first kappa shape index (κ1) is 17.4. The maximum Gasteiger partial charge on any atom is 0.421 e. The number of rotatable bonds is 5. The van der Waals surface area contributed by atoms with Gasteiger partial charge in [0.2, 0.25) is 0 Å². The number of halogens is 1. The van der Waals surface area contributed by atoms with Crippen LogP contribution in [0, 0.1) is 6.92 Å². The Balaban J connectivity index is 0.00000220. The Morgan fingerprint density at radius 2 is 2.14 bits per heavy atom. The van der Waals surface area contributed by atoms with Crippen LogP contribution >= 0.6 is 23.7 Å². The van der Waals surface area contributed by atoms with Gasteiger partial charge in [-0.3, -0.25) is 5.43 Å². The Kier molecular flexibility index (Phi) is 7.14. The van der Waals surface area contributed by atoms with Crippen LogP contribution in [0.3, 0.4) is 0 Å². The zero-order chi connectivity index (χ0) is 14.4. The van der Waals surface area contributed by atoms with Gasteiger partial charge in [-0.1, -0.05) is 24.3 Å². The molecule has 0 spiro atoms. The molecule has 114 valence electrons. The fourth-order valence-corrected chi connectivity index (χ4v) is 2.51. The third-order valence-electron chi connectivity index (χ3n) is 2.82. The van der Waals surface area contributed by atoms with Crippen molar-refractivity contribution in [2.24, 2.45) is 5.84 Å². The van der Waals surface area contributed by atoms with Crippen LogP contribution < -0.4 is 11.3 Å². The van der Waals surface area contributed by atoms with E-state index in [4.69, 9.17) is 10.6 Å². The topological polar surface area (TPSA) is 77.2 Å². The monoisotopic (exact) mass is 327 g/mol. The van der Waals surface area contributed by atoms with Gasteiger partial charge in [-0.15, -0.1) is 23.7 Å². The first-order chi connectivity index (χ1) is 9.67. The Hall–Kier alpha value is -1.63. The Labute approximate surface area is 133 Å². The van der Waals surface area contributed by atoms with E-state index in [-0.39, 0.29) is 19.0 Å². The van der Waals surface area contributed by atoms with Gasteiger partial charge in [0.1, 0.15) is 6.61 Å². The highest BCUT2D eigenvalue weighted by Crippen LogP contribution is 2.13. The highest BCUT2D eigenvalue weighted by molar-refractivity contribution is 7.09. The van der Waals surface area contributed by atoms with Crippen LogP contribution in [0.5, 0.6) is 0 Å². The number of ether oxygens (including phenoxy) is 1. The summed E-state index contributed by atoms with van der Waals surface area (Å²) in [6.45, 7) is 2.22. The third-order valence-corrected chi connectivity index (χ3v) is 3.64. The number of hydrazine groups is 1. The van der Waals surface area contributed by atoms with Crippen LogP contribution in [0.4, 0.5) is 4.79 Å². The standard InChI is InChI=1S/C14H17N3O2S.ClH/c1-10-16-13(9-20-10)6-5-11-3-2-4-12(7-11)8-19-14(18)17-15;/h2-4,7,9H,5-6,8,15H2,1H3,(H,17,18);1H. The van der Waals surface area contributed by atoms with Gasteiger partial charge in [-0.05, 0) is 30.9 Å². The fraction of sp³-hybridized carbons (Fsp3) is 0.286. The Morgan fingerprint density at radius 1 is 1.38 bits per heavy atom. The van der Waals surface area contributed by atoms with Crippen LogP contribution in [0.2, 0.25) is 0 Å². The number of hydrogen-bond donors (Lipinski definition) is 2. The number of nitrogens with zero attached hydrogens (tertiary/aromatic N) is 1. The summed E-state index contributed by atoms with van der Waals surface area (Å²) in [5, 5.41) is 3.18. The summed E-state index contributed by atoms with van der Waals surface area (Å²) in [5.41, 5.74) is 5.20. The van der Waals surface area contributed by atoms with Crippen LogP contribution in [-0.4, -0.2) is 11.1 Å². The zero-order valence-corrected chi connectivity index (χ0v) is 13.3. The lowest BCUT2D eigenvalue weighted by Gasteiger charge is -2.06. The lowest BCUT2D eigenvalue weighted by Crippen LogP contribution is -2.30. The van der Waals surface area contributed by atoms with Gasteiger partial charge >= 0.3 is 6.09 Å². The molecule has 1 aromatic heterocycles. The number of benzene rings is 1. The van der Waals surface area contributed by atoms with Crippen molar-refractivity contribution < 1.29 is 9.53 Å². The van der Waals surface area contributed by atoms with Crippen molar-refractivity contribution in [3.05, 3.63) is 51.5 Å². The minimum absolute atomic E-state index is 0. The molecule has 0 atom stereocenters. The maximum absolute atomic E-state index is 10.9. The van der Waals surface area contributed by atoms with Crippen molar-refractivity contribution in [1.82, 2.24) is 10.4 Å². The molecule has 2 rings (SSSR count). The number of amides is 1. The minimum atomic E-state index is -0.631.